The molecule has 0 atom stereocenters. The molecule has 0 aromatic rings. The van der Waals surface area contributed by atoms with Gasteiger partial charge < -0.3 is 0 Å². The van der Waals surface area contributed by atoms with Crippen LogP contribution in [0.2, 0.25) is 0 Å². The minimum atomic E-state index is -7.01. The van der Waals surface area contributed by atoms with Gasteiger partial charge in [-0.15, -0.1) is 4.13 Å². The summed E-state index contributed by atoms with van der Waals surface area (Å²) >= 11 is 0. The van der Waals surface area contributed by atoms with Crippen molar-refractivity contribution in [1.29, 1.82) is 0 Å². The van der Waals surface area contributed by atoms with Crippen molar-refractivity contribution in [2.45, 2.75) is 36.2 Å². The van der Waals surface area contributed by atoms with Crippen LogP contribution in [0.4, 0.5) is 26.3 Å². The lowest BCUT2D eigenvalue weighted by molar-refractivity contribution is -0.244. The topological polar surface area (TPSA) is 126 Å². The summed E-state index contributed by atoms with van der Waals surface area (Å²) in [4.78, 5) is 0. The van der Waals surface area contributed by atoms with Crippen molar-refractivity contribution in [2.75, 3.05) is 12.8 Å². The number of unbranched alkanes of at least 4 members (excludes halogenated alkanes) is 1. The first-order valence-electron chi connectivity index (χ1n) is 6.12. The summed E-state index contributed by atoms with van der Waals surface area (Å²) < 4.78 is 148. The van der Waals surface area contributed by atoms with E-state index >= 15 is 0 Å². The standard InChI is InChI=1S/C8H14F6N2O6S3/c1-3-4-5-15-24(19,20)7(11,12)6(9,10)8(13,14)25(21,22)16-23(2,17)18/h15-16H,3-5H2,1-2H3. The number of nitrogens with one attached hydrogen (secondary N) is 2. The summed E-state index contributed by atoms with van der Waals surface area (Å²) in [6.45, 7) is 0.670. The Labute approximate surface area is 140 Å². The van der Waals surface area contributed by atoms with Crippen LogP contribution in [0.3, 0.4) is 0 Å². The zero-order valence-electron chi connectivity index (χ0n) is 12.6. The zero-order valence-corrected chi connectivity index (χ0v) is 15.0. The van der Waals surface area contributed by atoms with Gasteiger partial charge in [0, 0.05) is 6.54 Å². The monoisotopic (exact) mass is 444 g/mol. The molecule has 0 aliphatic rings. The smallest absolute Gasteiger partial charge is 0.212 e. The van der Waals surface area contributed by atoms with Crippen molar-refractivity contribution in [3.63, 3.8) is 0 Å². The number of sulfonamides is 3. The molecular weight excluding hydrogens is 430 g/mol. The molecule has 0 amide bonds. The van der Waals surface area contributed by atoms with Gasteiger partial charge in [-0.3, -0.25) is 0 Å². The SMILES string of the molecule is CCCCNS(=O)(=O)C(F)(F)C(F)(F)C(F)(F)S(=O)(=O)NS(C)(=O)=O. The highest BCUT2D eigenvalue weighted by Gasteiger charge is 2.82. The highest BCUT2D eigenvalue weighted by molar-refractivity contribution is 8.05. The molecule has 0 unspecified atom stereocenters. The summed E-state index contributed by atoms with van der Waals surface area (Å²) in [7, 11) is -18.5. The van der Waals surface area contributed by atoms with Crippen LogP contribution in [0.1, 0.15) is 19.8 Å². The molecule has 152 valence electrons. The first-order chi connectivity index (χ1) is 10.8. The van der Waals surface area contributed by atoms with Crippen molar-refractivity contribution < 1.29 is 51.6 Å². The molecule has 25 heavy (non-hydrogen) atoms. The minimum absolute atomic E-state index is 0.0278. The summed E-state index contributed by atoms with van der Waals surface area (Å²) in [5.41, 5.74) is 0. The average molecular weight is 444 g/mol. The predicted molar refractivity (Wildman–Crippen MR) is 73.6 cm³/mol. The molecule has 0 fully saturated rings. The Morgan fingerprint density at radius 1 is 0.800 bits per heavy atom. The number of alkyl halides is 6. The van der Waals surface area contributed by atoms with Crippen LogP contribution in [0, 0.1) is 0 Å². The number of halogens is 6. The molecule has 0 aliphatic carbocycles. The van der Waals surface area contributed by atoms with Crippen LogP contribution in [-0.4, -0.2) is 54.5 Å². The van der Waals surface area contributed by atoms with Crippen molar-refractivity contribution in [3.05, 3.63) is 0 Å². The highest BCUT2D eigenvalue weighted by Crippen LogP contribution is 2.50. The summed E-state index contributed by atoms with van der Waals surface area (Å²) in [6, 6.07) is 0. The Hall–Kier alpha value is -0.650. The van der Waals surface area contributed by atoms with Crippen molar-refractivity contribution >= 4 is 30.1 Å². The normalized spacial score (nSPS) is 15.4. The molecule has 0 radical (unpaired) electrons. The molecular formula is C8H14F6N2O6S3. The van der Waals surface area contributed by atoms with E-state index in [1.165, 1.54) is 6.92 Å². The lowest BCUT2D eigenvalue weighted by atomic mass is 10.3. The Bertz CT molecular complexity index is 792. The van der Waals surface area contributed by atoms with E-state index in [0.29, 0.717) is 0 Å². The lowest BCUT2D eigenvalue weighted by Gasteiger charge is -2.31. The summed E-state index contributed by atoms with van der Waals surface area (Å²) in [5, 5.41) is -13.4. The maximum atomic E-state index is 13.5. The molecule has 0 aliphatic heterocycles. The van der Waals surface area contributed by atoms with Crippen LogP contribution in [0.15, 0.2) is 0 Å². The van der Waals surface area contributed by atoms with E-state index in [0.717, 1.165) is 4.72 Å². The highest BCUT2D eigenvalue weighted by atomic mass is 32.3. The van der Waals surface area contributed by atoms with E-state index in [4.69, 9.17) is 0 Å². The van der Waals surface area contributed by atoms with E-state index < -0.39 is 53.0 Å². The van der Waals surface area contributed by atoms with Gasteiger partial charge in [-0.1, -0.05) is 13.3 Å². The molecule has 0 bridgehead atoms. The Kier molecular flexibility index (Phi) is 6.98. The van der Waals surface area contributed by atoms with Crippen molar-refractivity contribution in [1.82, 2.24) is 8.85 Å². The zero-order chi connectivity index (χ0) is 20.5. The molecule has 8 nitrogen and oxygen atoms in total. The van der Waals surface area contributed by atoms with Gasteiger partial charge in [-0.25, -0.2) is 30.0 Å². The van der Waals surface area contributed by atoms with Crippen molar-refractivity contribution in [3.8, 4) is 0 Å². The largest absolute Gasteiger partial charge is 0.429 e. The third-order valence-corrected chi connectivity index (χ3v) is 7.03. The Morgan fingerprint density at radius 2 is 1.20 bits per heavy atom. The number of hydrogen-bond acceptors (Lipinski definition) is 6. The van der Waals surface area contributed by atoms with Gasteiger partial charge in [0.05, 0.1) is 6.26 Å². The molecule has 0 spiro atoms. The van der Waals surface area contributed by atoms with E-state index in [1.54, 1.807) is 0 Å². The van der Waals surface area contributed by atoms with Gasteiger partial charge in [-0.05, 0) is 6.42 Å². The predicted octanol–water partition coefficient (Wildman–Crippen LogP) is 0.406. The lowest BCUT2D eigenvalue weighted by Crippen LogP contribution is -2.64. The molecule has 17 heteroatoms. The molecule has 0 heterocycles. The maximum Gasteiger partial charge on any atom is 0.429 e. The first kappa shape index (κ1) is 24.4. The fraction of sp³-hybridized carbons (Fsp3) is 1.00. The van der Waals surface area contributed by atoms with Gasteiger partial charge in [0.2, 0.25) is 10.0 Å². The van der Waals surface area contributed by atoms with Gasteiger partial charge in [0.15, 0.2) is 0 Å². The van der Waals surface area contributed by atoms with Gasteiger partial charge in [0.25, 0.3) is 20.0 Å². The fourth-order valence-corrected chi connectivity index (χ4v) is 4.84. The van der Waals surface area contributed by atoms with E-state index in [9.17, 15) is 51.6 Å². The van der Waals surface area contributed by atoms with Crippen molar-refractivity contribution in [2.24, 2.45) is 0 Å². The second kappa shape index (κ2) is 7.16. The summed E-state index contributed by atoms with van der Waals surface area (Å²) in [6.07, 6.45) is 0.0957. The van der Waals surface area contributed by atoms with Crippen LogP contribution >= 0.6 is 0 Å². The Balaban J connectivity index is 6.09. The Morgan fingerprint density at radius 3 is 1.56 bits per heavy atom. The van der Waals surface area contributed by atoms with Crippen LogP contribution in [-0.2, 0) is 30.1 Å². The quantitative estimate of drug-likeness (QED) is 0.371. The minimum Gasteiger partial charge on any atom is -0.212 e. The van der Waals surface area contributed by atoms with E-state index in [-0.39, 0.29) is 23.2 Å². The van der Waals surface area contributed by atoms with Gasteiger partial charge in [0.1, 0.15) is 0 Å². The molecule has 0 saturated heterocycles. The maximum absolute atomic E-state index is 13.5. The van der Waals surface area contributed by atoms with E-state index in [1.807, 2.05) is 0 Å². The summed E-state index contributed by atoms with van der Waals surface area (Å²) in [5.74, 6) is -7.01. The molecule has 0 rings (SSSR count). The number of rotatable bonds is 10. The molecule has 0 aromatic carbocycles. The third-order valence-electron chi connectivity index (χ3n) is 2.49. The van der Waals surface area contributed by atoms with Gasteiger partial charge >= 0.3 is 16.4 Å². The average Bonchev–Trinajstić information content (AvgIpc) is 2.35. The second-order valence-electron chi connectivity index (χ2n) is 4.72. The molecule has 0 saturated carbocycles. The fourth-order valence-electron chi connectivity index (χ4n) is 1.23. The van der Waals surface area contributed by atoms with Crippen LogP contribution in [0.25, 0.3) is 0 Å². The van der Waals surface area contributed by atoms with Crippen LogP contribution < -0.4 is 8.85 Å². The number of hydrogen-bond donors (Lipinski definition) is 2. The second-order valence-corrected chi connectivity index (χ2v) is 10.3. The van der Waals surface area contributed by atoms with E-state index in [2.05, 4.69) is 0 Å². The molecule has 0 aromatic heterocycles. The third kappa shape index (κ3) is 4.75. The van der Waals surface area contributed by atoms with Gasteiger partial charge in [-0.2, -0.15) is 26.3 Å². The first-order valence-corrected chi connectivity index (χ1v) is 11.0. The van der Waals surface area contributed by atoms with Crippen LogP contribution in [0.5, 0.6) is 0 Å². The molecule has 2 N–H and O–H groups in total.